The van der Waals surface area contributed by atoms with Crippen LogP contribution in [0.3, 0.4) is 0 Å². The molecule has 0 aromatic carbocycles. The first-order chi connectivity index (χ1) is 42.6. The summed E-state index contributed by atoms with van der Waals surface area (Å²) in [6, 6.07) is 0. The lowest BCUT2D eigenvalue weighted by atomic mass is 10.0. The number of ether oxygens (including phenoxy) is 4. The lowest BCUT2D eigenvalue weighted by molar-refractivity contribution is -0.870. The van der Waals surface area contributed by atoms with Gasteiger partial charge in [0.05, 0.1) is 34.4 Å². The van der Waals surface area contributed by atoms with Gasteiger partial charge in [-0.3, -0.25) is 9.59 Å². The van der Waals surface area contributed by atoms with Gasteiger partial charge in [0, 0.05) is 12.8 Å². The third-order valence-corrected chi connectivity index (χ3v) is 15.2. The van der Waals surface area contributed by atoms with Crippen LogP contribution in [0.1, 0.15) is 296 Å². The number of rotatable bonds is 65. The Hall–Kier alpha value is -4.31. The van der Waals surface area contributed by atoms with Crippen molar-refractivity contribution in [3.63, 3.8) is 0 Å². The number of carboxylic acid groups (broad SMARTS) is 1. The van der Waals surface area contributed by atoms with Crippen LogP contribution in [0.5, 0.6) is 0 Å². The van der Waals surface area contributed by atoms with Gasteiger partial charge >= 0.3 is 17.9 Å². The number of esters is 2. The second kappa shape index (κ2) is 67.6. The van der Waals surface area contributed by atoms with Gasteiger partial charge < -0.3 is 28.5 Å². The van der Waals surface area contributed by atoms with E-state index < -0.39 is 24.3 Å². The fourth-order valence-corrected chi connectivity index (χ4v) is 9.83. The number of nitrogens with zero attached hydrogens (tertiary/aromatic N) is 1. The summed E-state index contributed by atoms with van der Waals surface area (Å²) in [5.74, 6) is -2.00. The minimum absolute atomic E-state index is 0.184. The Labute approximate surface area is 536 Å². The fraction of sp³-hybridized carbons (Fsp3) is 0.705. The van der Waals surface area contributed by atoms with Crippen molar-refractivity contribution in [1.29, 1.82) is 0 Å². The van der Waals surface area contributed by atoms with Crippen LogP contribution in [0, 0.1) is 0 Å². The standard InChI is InChI=1S/C78H133NO8/c1-6-8-10-12-14-16-18-20-22-24-26-28-30-32-34-36-38-40-42-44-46-48-50-52-54-56-58-60-62-64-66-68-75(80)85-72-74(73-86-78(77(82)83)84-71-70-79(3,4)5)87-76(81)69-67-65-63-61-59-57-55-53-51-49-47-45-43-41-39-37-35-33-31-29-27-25-23-21-19-17-15-13-11-9-7-2/h8-11,14-17,20-23,26-29,32-35,74,78H,6-7,12-13,18-19,24-25,30-31,36-73H2,1-5H3/p+1/b10-8-,11-9-,16-14-,17-15-,22-20-,23-21-,28-26-,29-27-,34-32-,35-33-. The maximum absolute atomic E-state index is 13.0. The number of hydrogen-bond acceptors (Lipinski definition) is 7. The van der Waals surface area contributed by atoms with Crippen molar-refractivity contribution in [2.45, 2.75) is 309 Å². The van der Waals surface area contributed by atoms with E-state index in [-0.39, 0.29) is 32.2 Å². The first-order valence-corrected chi connectivity index (χ1v) is 35.7. The maximum atomic E-state index is 13.0. The molecule has 0 aromatic heterocycles. The Morgan fingerprint density at radius 3 is 0.920 bits per heavy atom. The summed E-state index contributed by atoms with van der Waals surface area (Å²) in [7, 11) is 5.98. The van der Waals surface area contributed by atoms with Crippen LogP contribution in [-0.2, 0) is 33.3 Å². The highest BCUT2D eigenvalue weighted by molar-refractivity contribution is 5.71. The van der Waals surface area contributed by atoms with Crippen LogP contribution in [0.15, 0.2) is 122 Å². The van der Waals surface area contributed by atoms with Crippen LogP contribution >= 0.6 is 0 Å². The number of carbonyl (C=O) groups excluding carboxylic acids is 2. The molecule has 0 aromatic rings. The fourth-order valence-electron chi connectivity index (χ4n) is 9.83. The number of carbonyl (C=O) groups is 3. The van der Waals surface area contributed by atoms with Crippen LogP contribution in [0.4, 0.5) is 0 Å². The molecule has 0 rings (SSSR count). The van der Waals surface area contributed by atoms with Crippen molar-refractivity contribution >= 4 is 17.9 Å². The number of aliphatic carboxylic acids is 1. The average molecular weight is 1210 g/mol. The van der Waals surface area contributed by atoms with Crippen LogP contribution < -0.4 is 0 Å². The molecule has 9 heteroatoms. The Balaban J connectivity index is 4.11. The van der Waals surface area contributed by atoms with Gasteiger partial charge in [-0.2, -0.15) is 0 Å². The number of carboxylic acids is 1. The summed E-state index contributed by atoms with van der Waals surface area (Å²) in [5, 5.41) is 9.76. The van der Waals surface area contributed by atoms with Gasteiger partial charge in [0.15, 0.2) is 6.10 Å². The third kappa shape index (κ3) is 69.0. The SMILES string of the molecule is CC/C=C\C/C=C\C/C=C\C/C=C\C/C=C\CCCCCCCCCCCCCCCCCC(=O)OCC(COC(OCC[N+](C)(C)C)C(=O)O)OC(=O)CCCCCCCCCCCCCCCCC/C=C\C/C=C\C/C=C\C/C=C\C/C=C\CC. The molecule has 2 atom stereocenters. The van der Waals surface area contributed by atoms with Gasteiger partial charge in [-0.25, -0.2) is 4.79 Å². The zero-order valence-corrected chi connectivity index (χ0v) is 56.9. The van der Waals surface area contributed by atoms with E-state index in [2.05, 4.69) is 135 Å². The van der Waals surface area contributed by atoms with E-state index in [0.717, 1.165) is 103 Å². The van der Waals surface area contributed by atoms with E-state index in [1.165, 1.54) is 167 Å². The Morgan fingerprint density at radius 2 is 0.621 bits per heavy atom. The maximum Gasteiger partial charge on any atom is 0.361 e. The molecular formula is C78H134NO8+. The van der Waals surface area contributed by atoms with Crippen molar-refractivity contribution < 1.29 is 42.9 Å². The minimum atomic E-state index is -1.52. The third-order valence-electron chi connectivity index (χ3n) is 15.2. The van der Waals surface area contributed by atoms with Crippen molar-refractivity contribution in [2.24, 2.45) is 0 Å². The molecule has 0 radical (unpaired) electrons. The Morgan fingerprint density at radius 1 is 0.345 bits per heavy atom. The molecule has 0 aliphatic carbocycles. The molecule has 0 fully saturated rings. The monoisotopic (exact) mass is 1210 g/mol. The van der Waals surface area contributed by atoms with Crippen molar-refractivity contribution in [3.05, 3.63) is 122 Å². The predicted molar refractivity (Wildman–Crippen MR) is 373 cm³/mol. The molecule has 1 N–H and O–H groups in total. The van der Waals surface area contributed by atoms with E-state index in [0.29, 0.717) is 17.4 Å². The van der Waals surface area contributed by atoms with Crippen LogP contribution in [-0.4, -0.2) is 87.4 Å². The smallest absolute Gasteiger partial charge is 0.361 e. The highest BCUT2D eigenvalue weighted by Gasteiger charge is 2.25. The molecule has 0 amide bonds. The first kappa shape index (κ1) is 82.7. The van der Waals surface area contributed by atoms with Gasteiger partial charge in [0.25, 0.3) is 6.29 Å². The second-order valence-corrected chi connectivity index (χ2v) is 24.8. The highest BCUT2D eigenvalue weighted by Crippen LogP contribution is 2.17. The topological polar surface area (TPSA) is 108 Å². The van der Waals surface area contributed by atoms with Gasteiger partial charge in [-0.05, 0) is 103 Å². The molecule has 0 aliphatic heterocycles. The normalized spacial score (nSPS) is 13.4. The summed E-state index contributed by atoms with van der Waals surface area (Å²) in [5.41, 5.74) is 0. The lowest BCUT2D eigenvalue weighted by Crippen LogP contribution is -2.40. The molecule has 0 bridgehead atoms. The van der Waals surface area contributed by atoms with Crippen molar-refractivity contribution in [3.8, 4) is 0 Å². The number of allylic oxidation sites excluding steroid dienone is 20. The molecule has 9 nitrogen and oxygen atoms in total. The van der Waals surface area contributed by atoms with E-state index in [9.17, 15) is 19.5 Å². The Bertz CT molecular complexity index is 1840. The van der Waals surface area contributed by atoms with Crippen LogP contribution in [0.2, 0.25) is 0 Å². The van der Waals surface area contributed by atoms with Crippen molar-refractivity contribution in [2.75, 3.05) is 47.5 Å². The van der Waals surface area contributed by atoms with Gasteiger partial charge in [-0.15, -0.1) is 0 Å². The highest BCUT2D eigenvalue weighted by atomic mass is 16.7. The molecule has 0 aliphatic rings. The van der Waals surface area contributed by atoms with Gasteiger partial charge in [0.2, 0.25) is 0 Å². The molecule has 0 saturated carbocycles. The van der Waals surface area contributed by atoms with E-state index >= 15 is 0 Å². The molecule has 0 spiro atoms. The summed E-state index contributed by atoms with van der Waals surface area (Å²) in [6.45, 7) is 4.67. The number of unbranched alkanes of at least 4 members (excludes halogenated alkanes) is 30. The second-order valence-electron chi connectivity index (χ2n) is 24.8. The van der Waals surface area contributed by atoms with Gasteiger partial charge in [-0.1, -0.05) is 302 Å². The molecule has 498 valence electrons. The number of quaternary nitrogens is 1. The summed E-state index contributed by atoms with van der Waals surface area (Å²) in [4.78, 5) is 37.7. The summed E-state index contributed by atoms with van der Waals surface area (Å²) < 4.78 is 23.0. The van der Waals surface area contributed by atoms with Crippen LogP contribution in [0.25, 0.3) is 0 Å². The largest absolute Gasteiger partial charge is 0.477 e. The predicted octanol–water partition coefficient (Wildman–Crippen LogP) is 22.4. The number of hydrogen-bond donors (Lipinski definition) is 1. The zero-order valence-electron chi connectivity index (χ0n) is 56.9. The van der Waals surface area contributed by atoms with Gasteiger partial charge in [0.1, 0.15) is 13.2 Å². The first-order valence-electron chi connectivity index (χ1n) is 35.7. The molecule has 87 heavy (non-hydrogen) atoms. The minimum Gasteiger partial charge on any atom is -0.477 e. The molecule has 0 saturated heterocycles. The van der Waals surface area contributed by atoms with E-state index in [4.69, 9.17) is 18.9 Å². The summed E-state index contributed by atoms with van der Waals surface area (Å²) >= 11 is 0. The van der Waals surface area contributed by atoms with E-state index in [1.807, 2.05) is 21.1 Å². The van der Waals surface area contributed by atoms with E-state index in [1.54, 1.807) is 0 Å². The van der Waals surface area contributed by atoms with Crippen molar-refractivity contribution in [1.82, 2.24) is 0 Å². The zero-order chi connectivity index (χ0) is 63.3. The number of likely N-dealkylation sites (N-methyl/N-ethyl adjacent to an activating group) is 1. The lowest BCUT2D eigenvalue weighted by Gasteiger charge is -2.25. The molecular weight excluding hydrogens is 1080 g/mol. The molecule has 2 unspecified atom stereocenters. The molecule has 0 heterocycles. The average Bonchev–Trinajstić information content (AvgIpc) is 3.51. The quantitative estimate of drug-likeness (QED) is 0.0211. The Kier molecular flexibility index (Phi) is 64.3. The summed E-state index contributed by atoms with van der Waals surface area (Å²) in [6.07, 6.45) is 93.1.